The van der Waals surface area contributed by atoms with E-state index in [0.717, 1.165) is 0 Å². The first-order valence-corrected chi connectivity index (χ1v) is 6.12. The van der Waals surface area contributed by atoms with Crippen LogP contribution in [0.5, 0.6) is 0 Å². The fraction of sp³-hybridized carbons (Fsp3) is 0.667. The van der Waals surface area contributed by atoms with Crippen LogP contribution in [0, 0.1) is 0 Å². The molecular formula is C12H21N3O3. The van der Waals surface area contributed by atoms with Crippen LogP contribution in [0.4, 0.5) is 0 Å². The van der Waals surface area contributed by atoms with Crippen molar-refractivity contribution in [2.75, 3.05) is 39.4 Å². The minimum atomic E-state index is -0.394. The van der Waals surface area contributed by atoms with Crippen molar-refractivity contribution < 1.29 is 14.3 Å². The highest BCUT2D eigenvalue weighted by Crippen LogP contribution is 1.96. The van der Waals surface area contributed by atoms with E-state index in [2.05, 4.69) is 17.2 Å². The molecular weight excluding hydrogens is 234 g/mol. The van der Waals surface area contributed by atoms with Gasteiger partial charge < -0.3 is 15.0 Å². The van der Waals surface area contributed by atoms with Gasteiger partial charge in [0.2, 0.25) is 11.8 Å². The average molecular weight is 255 g/mol. The van der Waals surface area contributed by atoms with Crippen molar-refractivity contribution in [1.82, 2.24) is 15.5 Å². The second kappa shape index (κ2) is 7.84. The van der Waals surface area contributed by atoms with Gasteiger partial charge in [-0.2, -0.15) is 0 Å². The minimum absolute atomic E-state index is 0.00155. The van der Waals surface area contributed by atoms with Crippen LogP contribution in [0.25, 0.3) is 0 Å². The largest absolute Gasteiger partial charge is 0.378 e. The van der Waals surface area contributed by atoms with Crippen LogP contribution in [-0.4, -0.2) is 62.1 Å². The molecule has 18 heavy (non-hydrogen) atoms. The minimum Gasteiger partial charge on any atom is -0.378 e. The zero-order chi connectivity index (χ0) is 13.4. The van der Waals surface area contributed by atoms with Gasteiger partial charge in [0.1, 0.15) is 0 Å². The maximum absolute atomic E-state index is 11.8. The SMILES string of the molecule is C=CCNC(=O)C(C)NCC(=O)N1CCOCC1. The quantitative estimate of drug-likeness (QED) is 0.605. The Labute approximate surface area is 107 Å². The number of amides is 2. The number of carbonyl (C=O) groups excluding carboxylic acids is 2. The predicted octanol–water partition coefficient (Wildman–Crippen LogP) is -0.874. The number of hydrogen-bond donors (Lipinski definition) is 2. The Morgan fingerprint density at radius 3 is 2.72 bits per heavy atom. The Kier molecular flexibility index (Phi) is 6.38. The maximum Gasteiger partial charge on any atom is 0.237 e. The van der Waals surface area contributed by atoms with Crippen molar-refractivity contribution in [3.05, 3.63) is 12.7 Å². The molecule has 1 unspecified atom stereocenters. The number of ether oxygens (including phenoxy) is 1. The molecule has 102 valence electrons. The Balaban J connectivity index is 2.24. The van der Waals surface area contributed by atoms with E-state index in [1.807, 2.05) is 0 Å². The summed E-state index contributed by atoms with van der Waals surface area (Å²) in [5, 5.41) is 5.58. The molecule has 1 aliphatic rings. The summed E-state index contributed by atoms with van der Waals surface area (Å²) in [5.41, 5.74) is 0. The third-order valence-electron chi connectivity index (χ3n) is 2.74. The van der Waals surface area contributed by atoms with Gasteiger partial charge in [0.25, 0.3) is 0 Å². The molecule has 0 aromatic carbocycles. The molecule has 6 heteroatoms. The number of nitrogens with zero attached hydrogens (tertiary/aromatic N) is 1. The molecule has 1 rings (SSSR count). The molecule has 0 aliphatic carbocycles. The van der Waals surface area contributed by atoms with Crippen molar-refractivity contribution in [1.29, 1.82) is 0 Å². The van der Waals surface area contributed by atoms with Gasteiger partial charge in [-0.15, -0.1) is 6.58 Å². The van der Waals surface area contributed by atoms with E-state index < -0.39 is 6.04 Å². The first kappa shape index (κ1) is 14.7. The lowest BCUT2D eigenvalue weighted by molar-refractivity contribution is -0.134. The lowest BCUT2D eigenvalue weighted by atomic mass is 10.3. The van der Waals surface area contributed by atoms with Crippen LogP contribution in [0.15, 0.2) is 12.7 Å². The molecule has 1 fully saturated rings. The lowest BCUT2D eigenvalue weighted by Crippen LogP contribution is -2.49. The van der Waals surface area contributed by atoms with E-state index in [0.29, 0.717) is 32.8 Å². The molecule has 0 spiro atoms. The molecule has 0 bridgehead atoms. The van der Waals surface area contributed by atoms with Gasteiger partial charge in [-0.25, -0.2) is 0 Å². The van der Waals surface area contributed by atoms with Crippen LogP contribution in [-0.2, 0) is 14.3 Å². The highest BCUT2D eigenvalue weighted by Gasteiger charge is 2.18. The molecule has 0 aromatic heterocycles. The molecule has 1 heterocycles. The molecule has 2 amide bonds. The Morgan fingerprint density at radius 1 is 1.44 bits per heavy atom. The fourth-order valence-electron chi connectivity index (χ4n) is 1.58. The topological polar surface area (TPSA) is 70.7 Å². The second-order valence-electron chi connectivity index (χ2n) is 4.13. The van der Waals surface area contributed by atoms with Crippen LogP contribution in [0.2, 0.25) is 0 Å². The summed E-state index contributed by atoms with van der Waals surface area (Å²) < 4.78 is 5.17. The third-order valence-corrected chi connectivity index (χ3v) is 2.74. The van der Waals surface area contributed by atoms with Crippen molar-refractivity contribution in [2.45, 2.75) is 13.0 Å². The van der Waals surface area contributed by atoms with Gasteiger partial charge in [-0.1, -0.05) is 6.08 Å². The Morgan fingerprint density at radius 2 is 2.11 bits per heavy atom. The van der Waals surface area contributed by atoms with E-state index in [1.165, 1.54) is 0 Å². The molecule has 0 saturated carbocycles. The first-order valence-electron chi connectivity index (χ1n) is 6.12. The highest BCUT2D eigenvalue weighted by atomic mass is 16.5. The standard InChI is InChI=1S/C12H21N3O3/c1-3-4-13-12(17)10(2)14-9-11(16)15-5-7-18-8-6-15/h3,10,14H,1,4-9H2,2H3,(H,13,17). The van der Waals surface area contributed by atoms with Crippen molar-refractivity contribution in [3.63, 3.8) is 0 Å². The highest BCUT2D eigenvalue weighted by molar-refractivity contribution is 5.83. The van der Waals surface area contributed by atoms with Gasteiger partial charge in [0.15, 0.2) is 0 Å². The first-order chi connectivity index (χ1) is 8.65. The molecule has 0 aromatic rings. The van der Waals surface area contributed by atoms with E-state index in [4.69, 9.17) is 4.74 Å². The third kappa shape index (κ3) is 4.85. The summed E-state index contributed by atoms with van der Waals surface area (Å²) in [5.74, 6) is -0.133. The smallest absolute Gasteiger partial charge is 0.237 e. The van der Waals surface area contributed by atoms with E-state index >= 15 is 0 Å². The Hall–Kier alpha value is -1.40. The number of morpholine rings is 1. The fourth-order valence-corrected chi connectivity index (χ4v) is 1.58. The maximum atomic E-state index is 11.8. The average Bonchev–Trinajstić information content (AvgIpc) is 2.42. The number of rotatable bonds is 6. The molecule has 2 N–H and O–H groups in total. The molecule has 1 aliphatic heterocycles. The van der Waals surface area contributed by atoms with Crippen LogP contribution in [0.1, 0.15) is 6.92 Å². The van der Waals surface area contributed by atoms with Crippen LogP contribution < -0.4 is 10.6 Å². The van der Waals surface area contributed by atoms with Gasteiger partial charge in [0.05, 0.1) is 25.8 Å². The van der Waals surface area contributed by atoms with Crippen molar-refractivity contribution in [2.24, 2.45) is 0 Å². The predicted molar refractivity (Wildman–Crippen MR) is 68.1 cm³/mol. The number of carbonyl (C=O) groups is 2. The number of hydrogen-bond acceptors (Lipinski definition) is 4. The van der Waals surface area contributed by atoms with E-state index in [1.54, 1.807) is 17.9 Å². The molecule has 0 radical (unpaired) electrons. The van der Waals surface area contributed by atoms with Crippen LogP contribution >= 0.6 is 0 Å². The lowest BCUT2D eigenvalue weighted by Gasteiger charge is -2.27. The zero-order valence-corrected chi connectivity index (χ0v) is 10.8. The Bertz CT molecular complexity index is 301. The molecule has 1 atom stereocenters. The summed E-state index contributed by atoms with van der Waals surface area (Å²) in [6, 6.07) is -0.394. The number of nitrogens with one attached hydrogen (secondary N) is 2. The normalized spacial score (nSPS) is 17.1. The van der Waals surface area contributed by atoms with Crippen molar-refractivity contribution in [3.8, 4) is 0 Å². The summed E-state index contributed by atoms with van der Waals surface area (Å²) in [6.07, 6.45) is 1.61. The van der Waals surface area contributed by atoms with Crippen molar-refractivity contribution >= 4 is 11.8 Å². The van der Waals surface area contributed by atoms with E-state index in [-0.39, 0.29) is 18.4 Å². The summed E-state index contributed by atoms with van der Waals surface area (Å²) in [4.78, 5) is 25.1. The van der Waals surface area contributed by atoms with Gasteiger partial charge >= 0.3 is 0 Å². The van der Waals surface area contributed by atoms with E-state index in [9.17, 15) is 9.59 Å². The van der Waals surface area contributed by atoms with Gasteiger partial charge in [-0.05, 0) is 6.92 Å². The summed E-state index contributed by atoms with van der Waals surface area (Å²) >= 11 is 0. The summed E-state index contributed by atoms with van der Waals surface area (Å²) in [7, 11) is 0. The zero-order valence-electron chi connectivity index (χ0n) is 10.8. The molecule has 1 saturated heterocycles. The monoisotopic (exact) mass is 255 g/mol. The van der Waals surface area contributed by atoms with Gasteiger partial charge in [0, 0.05) is 19.6 Å². The molecule has 6 nitrogen and oxygen atoms in total. The second-order valence-corrected chi connectivity index (χ2v) is 4.13. The summed E-state index contributed by atoms with van der Waals surface area (Å²) in [6.45, 7) is 8.26. The van der Waals surface area contributed by atoms with Gasteiger partial charge in [-0.3, -0.25) is 14.9 Å². The van der Waals surface area contributed by atoms with Crippen LogP contribution in [0.3, 0.4) is 0 Å².